The molecule has 2 rings (SSSR count). The van der Waals surface area contributed by atoms with Gasteiger partial charge in [0.2, 0.25) is 0 Å². The number of fused-ring (bicyclic) bond motifs is 1. The van der Waals surface area contributed by atoms with E-state index in [4.69, 9.17) is 4.74 Å². The highest BCUT2D eigenvalue weighted by Gasteiger charge is 2.22. The SMILES string of the molecule is C/C=C/CC1CCOCc2noc(=O)n21. The maximum atomic E-state index is 11.4. The number of nitrogens with zero attached hydrogens (tertiary/aromatic N) is 2. The molecule has 2 heterocycles. The first-order valence-corrected chi connectivity index (χ1v) is 5.09. The minimum Gasteiger partial charge on any atom is -0.373 e. The molecule has 1 aromatic heterocycles. The van der Waals surface area contributed by atoms with Crippen LogP contribution >= 0.6 is 0 Å². The van der Waals surface area contributed by atoms with Gasteiger partial charge >= 0.3 is 5.76 Å². The van der Waals surface area contributed by atoms with Gasteiger partial charge in [0.05, 0.1) is 0 Å². The summed E-state index contributed by atoms with van der Waals surface area (Å²) in [6, 6.07) is 0.109. The molecule has 0 saturated carbocycles. The molecular formula is C10H14N2O3. The van der Waals surface area contributed by atoms with Crippen molar-refractivity contribution in [1.29, 1.82) is 0 Å². The maximum Gasteiger partial charge on any atom is 0.441 e. The second kappa shape index (κ2) is 4.44. The molecule has 0 N–H and O–H groups in total. The molecule has 1 aliphatic rings. The molecule has 15 heavy (non-hydrogen) atoms. The zero-order valence-electron chi connectivity index (χ0n) is 8.68. The average Bonchev–Trinajstić information content (AvgIpc) is 2.50. The van der Waals surface area contributed by atoms with Gasteiger partial charge in [-0.25, -0.2) is 4.79 Å². The van der Waals surface area contributed by atoms with E-state index >= 15 is 0 Å². The summed E-state index contributed by atoms with van der Waals surface area (Å²) in [6.45, 7) is 2.98. The molecule has 0 saturated heterocycles. The van der Waals surface area contributed by atoms with Crippen molar-refractivity contribution >= 4 is 0 Å². The number of rotatable bonds is 2. The van der Waals surface area contributed by atoms with Gasteiger partial charge in [-0.2, -0.15) is 0 Å². The van der Waals surface area contributed by atoms with E-state index in [0.717, 1.165) is 12.8 Å². The van der Waals surface area contributed by atoms with Gasteiger partial charge in [-0.1, -0.05) is 17.3 Å². The van der Waals surface area contributed by atoms with Crippen molar-refractivity contribution in [2.24, 2.45) is 0 Å². The van der Waals surface area contributed by atoms with Crippen molar-refractivity contribution in [3.8, 4) is 0 Å². The van der Waals surface area contributed by atoms with Crippen LogP contribution in [-0.4, -0.2) is 16.3 Å². The molecule has 0 fully saturated rings. The second-order valence-electron chi connectivity index (χ2n) is 3.53. The van der Waals surface area contributed by atoms with Crippen LogP contribution in [0.5, 0.6) is 0 Å². The monoisotopic (exact) mass is 210 g/mol. The van der Waals surface area contributed by atoms with Gasteiger partial charge in [0.1, 0.15) is 6.61 Å². The highest BCUT2D eigenvalue weighted by molar-refractivity contribution is 4.92. The summed E-state index contributed by atoms with van der Waals surface area (Å²) in [6.07, 6.45) is 5.65. The summed E-state index contributed by atoms with van der Waals surface area (Å²) >= 11 is 0. The van der Waals surface area contributed by atoms with Gasteiger partial charge in [-0.3, -0.25) is 9.09 Å². The minimum absolute atomic E-state index is 0.109. The molecule has 0 radical (unpaired) electrons. The van der Waals surface area contributed by atoms with Crippen molar-refractivity contribution < 1.29 is 9.26 Å². The Morgan fingerprint density at radius 2 is 2.53 bits per heavy atom. The molecule has 1 unspecified atom stereocenters. The lowest BCUT2D eigenvalue weighted by atomic mass is 10.1. The molecule has 0 aliphatic carbocycles. The first kappa shape index (κ1) is 10.2. The van der Waals surface area contributed by atoms with E-state index in [1.807, 2.05) is 19.1 Å². The summed E-state index contributed by atoms with van der Waals surface area (Å²) in [5.41, 5.74) is 0. The van der Waals surface area contributed by atoms with Crippen LogP contribution in [-0.2, 0) is 11.3 Å². The lowest BCUT2D eigenvalue weighted by Gasteiger charge is -2.12. The van der Waals surface area contributed by atoms with Gasteiger partial charge in [-0.05, 0) is 19.8 Å². The Labute approximate surface area is 87.3 Å². The summed E-state index contributed by atoms with van der Waals surface area (Å²) in [7, 11) is 0. The molecule has 82 valence electrons. The lowest BCUT2D eigenvalue weighted by Crippen LogP contribution is -2.21. The van der Waals surface area contributed by atoms with Crippen molar-refractivity contribution in [2.45, 2.75) is 32.4 Å². The Hall–Kier alpha value is -1.36. The van der Waals surface area contributed by atoms with Crippen LogP contribution in [0.25, 0.3) is 0 Å². The van der Waals surface area contributed by atoms with Gasteiger partial charge in [-0.15, -0.1) is 0 Å². The molecule has 0 bridgehead atoms. The Balaban J connectivity index is 2.31. The van der Waals surface area contributed by atoms with Gasteiger partial charge in [0.15, 0.2) is 5.82 Å². The fraction of sp³-hybridized carbons (Fsp3) is 0.600. The van der Waals surface area contributed by atoms with E-state index in [1.165, 1.54) is 0 Å². The van der Waals surface area contributed by atoms with Crippen LogP contribution in [0.1, 0.15) is 31.6 Å². The fourth-order valence-electron chi connectivity index (χ4n) is 1.77. The van der Waals surface area contributed by atoms with Gasteiger partial charge < -0.3 is 4.74 Å². The molecule has 1 aromatic rings. The molecule has 0 amide bonds. The topological polar surface area (TPSA) is 57.3 Å². The van der Waals surface area contributed by atoms with E-state index in [1.54, 1.807) is 4.57 Å². The number of hydrogen-bond donors (Lipinski definition) is 0. The molecule has 0 spiro atoms. The zero-order valence-corrected chi connectivity index (χ0v) is 8.68. The summed E-state index contributed by atoms with van der Waals surface area (Å²) in [5, 5.41) is 3.70. The van der Waals surface area contributed by atoms with E-state index < -0.39 is 0 Å². The highest BCUT2D eigenvalue weighted by Crippen LogP contribution is 2.20. The van der Waals surface area contributed by atoms with Crippen LogP contribution in [0.4, 0.5) is 0 Å². The predicted octanol–water partition coefficient (Wildman–Crippen LogP) is 1.26. The third kappa shape index (κ3) is 2.02. The van der Waals surface area contributed by atoms with Gasteiger partial charge in [0.25, 0.3) is 0 Å². The number of allylic oxidation sites excluding steroid dienone is 2. The third-order valence-corrected chi connectivity index (χ3v) is 2.54. The Bertz CT molecular complexity index is 405. The second-order valence-corrected chi connectivity index (χ2v) is 3.53. The van der Waals surface area contributed by atoms with Crippen molar-refractivity contribution in [2.75, 3.05) is 6.61 Å². The molecule has 5 nitrogen and oxygen atoms in total. The summed E-state index contributed by atoms with van der Waals surface area (Å²) in [5.74, 6) is 0.206. The summed E-state index contributed by atoms with van der Waals surface area (Å²) in [4.78, 5) is 11.4. The standard InChI is InChI=1S/C10H14N2O3/c1-2-3-4-8-5-6-14-7-9-11-15-10(13)12(8)9/h2-3,8H,4-7H2,1H3/b3-2+. The van der Waals surface area contributed by atoms with Crippen molar-refractivity contribution in [1.82, 2.24) is 9.72 Å². The zero-order chi connectivity index (χ0) is 10.7. The largest absolute Gasteiger partial charge is 0.441 e. The Morgan fingerprint density at radius 1 is 1.67 bits per heavy atom. The Kier molecular flexibility index (Phi) is 3.01. The molecule has 1 atom stereocenters. The van der Waals surface area contributed by atoms with Crippen molar-refractivity contribution in [3.63, 3.8) is 0 Å². The van der Waals surface area contributed by atoms with E-state index in [0.29, 0.717) is 19.0 Å². The molecule has 0 aromatic carbocycles. The third-order valence-electron chi connectivity index (χ3n) is 2.54. The quantitative estimate of drug-likeness (QED) is 0.689. The normalized spacial score (nSPS) is 21.5. The summed E-state index contributed by atoms with van der Waals surface area (Å²) < 4.78 is 11.6. The van der Waals surface area contributed by atoms with E-state index in [2.05, 4.69) is 9.68 Å². The number of ether oxygens (including phenoxy) is 1. The maximum absolute atomic E-state index is 11.4. The minimum atomic E-state index is -0.384. The molecule has 5 heteroatoms. The van der Waals surface area contributed by atoms with E-state index in [9.17, 15) is 4.79 Å². The van der Waals surface area contributed by atoms with E-state index in [-0.39, 0.29) is 11.8 Å². The van der Waals surface area contributed by atoms with Gasteiger partial charge in [0, 0.05) is 12.6 Å². The Morgan fingerprint density at radius 3 is 3.33 bits per heavy atom. The first-order valence-electron chi connectivity index (χ1n) is 5.09. The number of hydrogen-bond acceptors (Lipinski definition) is 4. The van der Waals surface area contributed by atoms with Crippen LogP contribution in [0.2, 0.25) is 0 Å². The van der Waals surface area contributed by atoms with Crippen LogP contribution in [0.15, 0.2) is 21.5 Å². The van der Waals surface area contributed by atoms with Crippen LogP contribution < -0.4 is 5.76 Å². The highest BCUT2D eigenvalue weighted by atomic mass is 16.5. The molecule has 1 aliphatic heterocycles. The number of aromatic nitrogens is 2. The molecular weight excluding hydrogens is 196 g/mol. The predicted molar refractivity (Wildman–Crippen MR) is 53.5 cm³/mol. The first-order chi connectivity index (χ1) is 7.33. The average molecular weight is 210 g/mol. The van der Waals surface area contributed by atoms with Crippen molar-refractivity contribution in [3.05, 3.63) is 28.5 Å². The fourth-order valence-corrected chi connectivity index (χ4v) is 1.77. The van der Waals surface area contributed by atoms with Crippen LogP contribution in [0, 0.1) is 0 Å². The van der Waals surface area contributed by atoms with Crippen LogP contribution in [0.3, 0.4) is 0 Å². The lowest BCUT2D eigenvalue weighted by molar-refractivity contribution is 0.116. The smallest absolute Gasteiger partial charge is 0.373 e.